The van der Waals surface area contributed by atoms with E-state index in [0.29, 0.717) is 24.3 Å². The first kappa shape index (κ1) is 25.4. The van der Waals surface area contributed by atoms with E-state index < -0.39 is 29.4 Å². The summed E-state index contributed by atoms with van der Waals surface area (Å²) in [7, 11) is 0. The number of esters is 1. The van der Waals surface area contributed by atoms with E-state index in [1.54, 1.807) is 19.1 Å². The van der Waals surface area contributed by atoms with Gasteiger partial charge in [0.25, 0.3) is 0 Å². The number of hydrogen-bond donors (Lipinski definition) is 3. The molecule has 0 aliphatic heterocycles. The van der Waals surface area contributed by atoms with E-state index in [9.17, 15) is 29.7 Å². The van der Waals surface area contributed by atoms with Gasteiger partial charge in [0.2, 0.25) is 5.78 Å². The molecule has 0 heterocycles. The Morgan fingerprint density at radius 3 is 2.58 bits per heavy atom. The van der Waals surface area contributed by atoms with Crippen molar-refractivity contribution >= 4 is 17.5 Å². The van der Waals surface area contributed by atoms with Crippen LogP contribution in [-0.2, 0) is 14.3 Å². The molecule has 196 valence electrons. The van der Waals surface area contributed by atoms with E-state index in [4.69, 9.17) is 4.74 Å². The highest BCUT2D eigenvalue weighted by Crippen LogP contribution is 2.68. The Bertz CT molecular complexity index is 1100. The van der Waals surface area contributed by atoms with E-state index >= 15 is 0 Å². The Morgan fingerprint density at radius 1 is 1.11 bits per heavy atom. The average molecular weight is 499 g/mol. The molecule has 36 heavy (non-hydrogen) atoms. The van der Waals surface area contributed by atoms with Crippen molar-refractivity contribution in [1.82, 2.24) is 0 Å². The van der Waals surface area contributed by atoms with Crippen LogP contribution < -0.4 is 0 Å². The molecule has 8 atom stereocenters. The number of phenols is 1. The molecule has 7 nitrogen and oxygen atoms in total. The van der Waals surface area contributed by atoms with Gasteiger partial charge in [-0.1, -0.05) is 19.9 Å². The van der Waals surface area contributed by atoms with Gasteiger partial charge in [-0.3, -0.25) is 9.59 Å². The number of carbonyl (C=O) groups is 3. The van der Waals surface area contributed by atoms with Crippen molar-refractivity contribution in [3.63, 3.8) is 0 Å². The molecule has 0 radical (unpaired) electrons. The standard InChI is InChI=1S/C29H38O7/c1-16-19(5-4-6-22(16)32)26(35)36-29(24(34)15-30)12-10-21-20-8-7-17-13-18(31)9-11-27(17,2)25(20)23(33)14-28(21,29)3/h4-6,17-18,20-21,25,30-32H,7-15H2,1-3H3/t17-,18-,20+,21+,25-,27+,28+,29+/m1/s1. The van der Waals surface area contributed by atoms with E-state index in [-0.39, 0.29) is 59.2 Å². The number of fused-ring (bicyclic) bond motifs is 5. The smallest absolute Gasteiger partial charge is 0.339 e. The van der Waals surface area contributed by atoms with Crippen LogP contribution in [0.5, 0.6) is 5.75 Å². The van der Waals surface area contributed by atoms with Gasteiger partial charge in [0.05, 0.1) is 11.7 Å². The van der Waals surface area contributed by atoms with Gasteiger partial charge in [-0.25, -0.2) is 4.79 Å². The first-order chi connectivity index (χ1) is 17.0. The van der Waals surface area contributed by atoms with E-state index in [1.807, 2.05) is 6.92 Å². The molecule has 4 saturated carbocycles. The maximum atomic E-state index is 14.0. The third kappa shape index (κ3) is 3.42. The molecule has 3 N–H and O–H groups in total. The van der Waals surface area contributed by atoms with Gasteiger partial charge in [-0.15, -0.1) is 0 Å². The number of hydrogen-bond acceptors (Lipinski definition) is 7. The van der Waals surface area contributed by atoms with Crippen molar-refractivity contribution in [3.05, 3.63) is 29.3 Å². The number of phenolic OH excluding ortho intramolecular Hbond substituents is 1. The van der Waals surface area contributed by atoms with Crippen LogP contribution in [-0.4, -0.2) is 51.2 Å². The van der Waals surface area contributed by atoms with Crippen LogP contribution in [0.15, 0.2) is 18.2 Å². The number of ether oxygens (including phenoxy) is 1. The fourth-order valence-corrected chi connectivity index (χ4v) is 8.91. The fraction of sp³-hybridized carbons (Fsp3) is 0.690. The van der Waals surface area contributed by atoms with Gasteiger partial charge in [-0.2, -0.15) is 0 Å². The summed E-state index contributed by atoms with van der Waals surface area (Å²) in [6.45, 7) is 4.95. The maximum absolute atomic E-state index is 14.0. The Kier molecular flexibility index (Phi) is 6.11. The Labute approximate surface area is 212 Å². The minimum atomic E-state index is -1.59. The third-order valence-corrected chi connectivity index (χ3v) is 10.8. The quantitative estimate of drug-likeness (QED) is 0.541. The molecule has 0 amide bonds. The zero-order valence-corrected chi connectivity index (χ0v) is 21.5. The van der Waals surface area contributed by atoms with Gasteiger partial charge in [-0.05, 0) is 87.2 Å². The summed E-state index contributed by atoms with van der Waals surface area (Å²) in [5, 5.41) is 30.3. The minimum absolute atomic E-state index is 0.0124. The van der Waals surface area contributed by atoms with Crippen LogP contribution in [0, 0.1) is 41.4 Å². The molecule has 0 aromatic heterocycles. The summed E-state index contributed by atoms with van der Waals surface area (Å²) in [5.74, 6) is -0.923. The van der Waals surface area contributed by atoms with Gasteiger partial charge in [0.15, 0.2) is 5.60 Å². The topological polar surface area (TPSA) is 121 Å². The van der Waals surface area contributed by atoms with Gasteiger partial charge in [0.1, 0.15) is 18.1 Å². The molecule has 4 fully saturated rings. The van der Waals surface area contributed by atoms with Crippen molar-refractivity contribution in [1.29, 1.82) is 0 Å². The molecule has 0 bridgehead atoms. The number of carbonyl (C=O) groups excluding carboxylic acids is 3. The SMILES string of the molecule is Cc1c(O)cccc1C(=O)O[C@]1(C(=O)CO)CC[C@H]2[C@@H]3CC[C@@H]4C[C@H](O)CC[C@]4(C)[C@H]3C(=O)C[C@@]21C. The highest BCUT2D eigenvalue weighted by atomic mass is 16.6. The number of aliphatic hydroxyl groups is 2. The number of rotatable bonds is 4. The lowest BCUT2D eigenvalue weighted by Crippen LogP contribution is -2.63. The molecule has 0 spiro atoms. The van der Waals surface area contributed by atoms with Crippen molar-refractivity contribution in [2.45, 2.75) is 83.8 Å². The second-order valence-electron chi connectivity index (χ2n) is 12.3. The number of aromatic hydroxyl groups is 1. The molecule has 1 aromatic carbocycles. The molecular formula is C29H38O7. The number of aliphatic hydroxyl groups excluding tert-OH is 2. The molecule has 5 rings (SSSR count). The lowest BCUT2D eigenvalue weighted by atomic mass is 9.44. The third-order valence-electron chi connectivity index (χ3n) is 10.8. The summed E-state index contributed by atoms with van der Waals surface area (Å²) in [6.07, 6.45) is 4.81. The minimum Gasteiger partial charge on any atom is -0.508 e. The highest BCUT2D eigenvalue weighted by molar-refractivity contribution is 5.98. The summed E-state index contributed by atoms with van der Waals surface area (Å²) < 4.78 is 6.08. The van der Waals surface area contributed by atoms with Crippen molar-refractivity contribution < 1.29 is 34.4 Å². The second kappa shape index (κ2) is 8.66. The van der Waals surface area contributed by atoms with Gasteiger partial charge < -0.3 is 20.1 Å². The van der Waals surface area contributed by atoms with Crippen LogP contribution in [0.25, 0.3) is 0 Å². The van der Waals surface area contributed by atoms with Crippen LogP contribution in [0.2, 0.25) is 0 Å². The second-order valence-corrected chi connectivity index (χ2v) is 12.3. The van der Waals surface area contributed by atoms with Crippen molar-refractivity contribution in [3.8, 4) is 5.75 Å². The summed E-state index contributed by atoms with van der Waals surface area (Å²) in [6, 6.07) is 4.58. The Morgan fingerprint density at radius 2 is 1.86 bits per heavy atom. The summed E-state index contributed by atoms with van der Waals surface area (Å²) in [5.41, 5.74) is -2.15. The molecule has 7 heteroatoms. The summed E-state index contributed by atoms with van der Waals surface area (Å²) in [4.78, 5) is 40.7. The normalized spacial score (nSPS) is 41.7. The van der Waals surface area contributed by atoms with Crippen molar-refractivity contribution in [2.24, 2.45) is 34.5 Å². The van der Waals surface area contributed by atoms with Crippen LogP contribution >= 0.6 is 0 Å². The first-order valence-corrected chi connectivity index (χ1v) is 13.4. The molecule has 4 aliphatic rings. The average Bonchev–Trinajstić information content (AvgIpc) is 3.12. The predicted octanol–water partition coefficient (Wildman–Crippen LogP) is 3.74. The monoisotopic (exact) mass is 498 g/mol. The van der Waals surface area contributed by atoms with Crippen LogP contribution in [0.3, 0.4) is 0 Å². The molecule has 1 aromatic rings. The predicted molar refractivity (Wildman–Crippen MR) is 131 cm³/mol. The highest BCUT2D eigenvalue weighted by Gasteiger charge is 2.71. The van der Waals surface area contributed by atoms with E-state index in [2.05, 4.69) is 6.92 Å². The Balaban J connectivity index is 1.52. The molecular weight excluding hydrogens is 460 g/mol. The summed E-state index contributed by atoms with van der Waals surface area (Å²) >= 11 is 0. The first-order valence-electron chi connectivity index (χ1n) is 13.4. The maximum Gasteiger partial charge on any atom is 0.339 e. The van der Waals surface area contributed by atoms with Crippen LogP contribution in [0.1, 0.15) is 81.1 Å². The lowest BCUT2D eigenvalue weighted by molar-refractivity contribution is -0.180. The number of Topliss-reactive ketones (excluding diaryl/α,β-unsaturated/α-hetero) is 2. The molecule has 4 aliphatic carbocycles. The Hall–Kier alpha value is -2.25. The zero-order valence-electron chi connectivity index (χ0n) is 21.5. The largest absolute Gasteiger partial charge is 0.508 e. The molecule has 0 unspecified atom stereocenters. The number of ketones is 2. The molecule has 0 saturated heterocycles. The van der Waals surface area contributed by atoms with E-state index in [0.717, 1.165) is 25.7 Å². The van der Waals surface area contributed by atoms with Gasteiger partial charge in [0, 0.05) is 23.3 Å². The van der Waals surface area contributed by atoms with Crippen LogP contribution in [0.4, 0.5) is 0 Å². The lowest BCUT2D eigenvalue weighted by Gasteiger charge is -2.60. The van der Waals surface area contributed by atoms with Crippen molar-refractivity contribution in [2.75, 3.05) is 6.61 Å². The zero-order chi connectivity index (χ0) is 26.0. The fourth-order valence-electron chi connectivity index (χ4n) is 8.91. The number of benzene rings is 1. The van der Waals surface area contributed by atoms with Gasteiger partial charge >= 0.3 is 5.97 Å². The van der Waals surface area contributed by atoms with E-state index in [1.165, 1.54) is 6.07 Å².